The van der Waals surface area contributed by atoms with Gasteiger partial charge in [0.15, 0.2) is 34.6 Å². The van der Waals surface area contributed by atoms with Crippen LogP contribution >= 0.6 is 22.7 Å². The largest absolute Gasteiger partial charge is 0.488 e. The van der Waals surface area contributed by atoms with E-state index in [1.165, 1.54) is 74.0 Å². The Hall–Kier alpha value is -2.22. The SMILES string of the molecule is CC.CCCCC(CC)COCC1(COCC(CC)CCCC)COc2csc(C(=O)CCC(=O)c3scc4c3OCC(COCC(CC)CCCC)(COCC(CC)CCCC)CO4)c2OC1. The van der Waals surface area contributed by atoms with Crippen LogP contribution in [0.5, 0.6) is 23.0 Å². The highest BCUT2D eigenvalue weighted by atomic mass is 32.1. The van der Waals surface area contributed by atoms with E-state index in [9.17, 15) is 9.59 Å². The predicted molar refractivity (Wildman–Crippen MR) is 281 cm³/mol. The fraction of sp³-hybridized carbons (Fsp3) is 0.821. The van der Waals surface area contributed by atoms with Gasteiger partial charge in [-0.25, -0.2) is 0 Å². The normalized spacial score (nSPS) is 19.6. The van der Waals surface area contributed by atoms with Gasteiger partial charge < -0.3 is 37.9 Å². The van der Waals surface area contributed by atoms with Gasteiger partial charge in [-0.1, -0.05) is 146 Å². The molecule has 0 bridgehead atoms. The minimum Gasteiger partial charge on any atom is -0.488 e. The summed E-state index contributed by atoms with van der Waals surface area (Å²) in [5.74, 6) is 3.77. The van der Waals surface area contributed by atoms with Gasteiger partial charge in [-0.15, -0.1) is 22.7 Å². The van der Waals surface area contributed by atoms with Crippen molar-refractivity contribution in [3.63, 3.8) is 0 Å². The molecule has 0 spiro atoms. The third-order valence-electron chi connectivity index (χ3n) is 13.8. The second kappa shape index (κ2) is 34.2. The van der Waals surface area contributed by atoms with Crippen LogP contribution in [0.3, 0.4) is 0 Å². The maximum atomic E-state index is 13.9. The van der Waals surface area contributed by atoms with Crippen molar-refractivity contribution in [1.29, 1.82) is 0 Å². The molecule has 0 saturated carbocycles. The Bertz CT molecular complexity index is 1480. The van der Waals surface area contributed by atoms with Crippen LogP contribution in [0.2, 0.25) is 0 Å². The van der Waals surface area contributed by atoms with E-state index < -0.39 is 10.8 Å². The maximum absolute atomic E-state index is 13.9. The fourth-order valence-electron chi connectivity index (χ4n) is 8.75. The number of carbonyl (C=O) groups is 2. The molecule has 2 aliphatic rings. The standard InChI is InChI=1S/C54H90O10S2.C2H6/c1-9-17-21-41(13-5)27-57-33-53(34-58-28-42(14-6)22-18-10-2)37-61-47-31-65-51(49(47)63-39-53)45(55)25-26-46(56)52-50-48(32-66-52)62-38-54(40-64-50,35-59-29-43(15-7)23-19-11-3)36-60-30-44(16-8)24-20-12-4;1-2/h31-32,41-44H,9-30,33-40H2,1-8H3;1-2H3. The van der Waals surface area contributed by atoms with E-state index in [4.69, 9.17) is 37.9 Å². The summed E-state index contributed by atoms with van der Waals surface area (Å²) in [6.45, 7) is 27.7. The lowest BCUT2D eigenvalue weighted by Crippen LogP contribution is -2.43. The van der Waals surface area contributed by atoms with Crippen molar-refractivity contribution in [3.05, 3.63) is 20.5 Å². The van der Waals surface area contributed by atoms with Crippen LogP contribution in [-0.4, -0.2) is 90.8 Å². The topological polar surface area (TPSA) is 108 Å². The second-order valence-electron chi connectivity index (χ2n) is 19.7. The maximum Gasteiger partial charge on any atom is 0.182 e. The Morgan fingerprint density at radius 2 is 0.765 bits per heavy atom. The molecule has 0 amide bonds. The van der Waals surface area contributed by atoms with Crippen molar-refractivity contribution in [3.8, 4) is 23.0 Å². The Morgan fingerprint density at radius 1 is 0.485 bits per heavy atom. The van der Waals surface area contributed by atoms with Crippen LogP contribution in [0.1, 0.15) is 204 Å². The zero-order valence-electron chi connectivity index (χ0n) is 44.6. The van der Waals surface area contributed by atoms with Gasteiger partial charge in [0.1, 0.15) is 36.2 Å². The highest BCUT2D eigenvalue weighted by Gasteiger charge is 2.40. The van der Waals surface area contributed by atoms with Gasteiger partial charge in [0.25, 0.3) is 0 Å². The molecule has 10 nitrogen and oxygen atoms in total. The van der Waals surface area contributed by atoms with Crippen LogP contribution in [-0.2, 0) is 18.9 Å². The number of unbranched alkanes of at least 4 members (excludes halogenated alkanes) is 4. The molecule has 4 rings (SSSR count). The van der Waals surface area contributed by atoms with Gasteiger partial charge in [0.2, 0.25) is 0 Å². The molecular weight excluding hydrogens is 897 g/mol. The average Bonchev–Trinajstić information content (AvgIpc) is 3.88. The first-order valence-corrected chi connectivity index (χ1v) is 29.0. The number of carbonyl (C=O) groups excluding carboxylic acids is 2. The number of fused-ring (bicyclic) bond motifs is 2. The molecule has 392 valence electrons. The third kappa shape index (κ3) is 19.8. The summed E-state index contributed by atoms with van der Waals surface area (Å²) in [5.41, 5.74) is -1.07. The molecule has 2 aliphatic heterocycles. The van der Waals surface area contributed by atoms with Crippen molar-refractivity contribution in [2.45, 2.75) is 185 Å². The van der Waals surface area contributed by atoms with Crippen LogP contribution in [0, 0.1) is 34.5 Å². The molecule has 4 heterocycles. The number of hydrogen-bond acceptors (Lipinski definition) is 12. The Morgan fingerprint density at radius 3 is 1.03 bits per heavy atom. The third-order valence-corrected chi connectivity index (χ3v) is 15.8. The number of rotatable bonds is 37. The molecule has 0 N–H and O–H groups in total. The van der Waals surface area contributed by atoms with Gasteiger partial charge in [0, 0.05) is 50.0 Å². The summed E-state index contributed by atoms with van der Waals surface area (Å²) in [6, 6.07) is 0. The van der Waals surface area contributed by atoms with Gasteiger partial charge in [-0.2, -0.15) is 0 Å². The van der Waals surface area contributed by atoms with Crippen LogP contribution in [0.4, 0.5) is 0 Å². The molecule has 0 fully saturated rings. The van der Waals surface area contributed by atoms with E-state index in [-0.39, 0.29) is 24.4 Å². The predicted octanol–water partition coefficient (Wildman–Crippen LogP) is 15.1. The van der Waals surface area contributed by atoms with Crippen molar-refractivity contribution in [2.24, 2.45) is 34.5 Å². The minimum absolute atomic E-state index is 0.0330. The Kier molecular flexibility index (Phi) is 30.2. The monoisotopic (exact) mass is 993 g/mol. The molecule has 0 aromatic carbocycles. The number of thiophene rings is 2. The second-order valence-corrected chi connectivity index (χ2v) is 21.5. The number of hydrogen-bond donors (Lipinski definition) is 0. The van der Waals surface area contributed by atoms with Gasteiger partial charge >= 0.3 is 0 Å². The number of ketones is 2. The molecule has 2 aromatic heterocycles. The lowest BCUT2D eigenvalue weighted by Gasteiger charge is -2.32. The van der Waals surface area contributed by atoms with Crippen molar-refractivity contribution in [1.82, 2.24) is 0 Å². The van der Waals surface area contributed by atoms with Crippen LogP contribution in [0.25, 0.3) is 0 Å². The van der Waals surface area contributed by atoms with Crippen molar-refractivity contribution in [2.75, 3.05) is 79.3 Å². The van der Waals surface area contributed by atoms with Gasteiger partial charge in [-0.3, -0.25) is 9.59 Å². The Balaban J connectivity index is 0.00000604. The van der Waals surface area contributed by atoms with Gasteiger partial charge in [-0.05, 0) is 49.4 Å². The smallest absolute Gasteiger partial charge is 0.182 e. The quantitative estimate of drug-likeness (QED) is 0.0607. The van der Waals surface area contributed by atoms with Crippen molar-refractivity contribution < 1.29 is 47.5 Å². The first kappa shape index (κ1) is 60.1. The van der Waals surface area contributed by atoms with Crippen molar-refractivity contribution >= 4 is 34.2 Å². The minimum atomic E-state index is -0.535. The molecule has 0 saturated heterocycles. The first-order chi connectivity index (χ1) is 33.1. The van der Waals surface area contributed by atoms with Gasteiger partial charge in [0.05, 0.1) is 37.3 Å². The van der Waals surface area contributed by atoms with Crippen LogP contribution < -0.4 is 18.9 Å². The van der Waals surface area contributed by atoms with E-state index in [1.54, 1.807) is 0 Å². The fourth-order valence-corrected chi connectivity index (χ4v) is 10.5. The van der Waals surface area contributed by atoms with E-state index in [0.717, 1.165) is 51.4 Å². The zero-order chi connectivity index (χ0) is 49.6. The summed E-state index contributed by atoms with van der Waals surface area (Å²) in [4.78, 5) is 28.8. The molecule has 68 heavy (non-hydrogen) atoms. The van der Waals surface area contributed by atoms with Crippen LogP contribution in [0.15, 0.2) is 10.8 Å². The number of ether oxygens (including phenoxy) is 8. The molecule has 4 unspecified atom stereocenters. The lowest BCUT2D eigenvalue weighted by atomic mass is 9.91. The molecule has 12 heteroatoms. The highest BCUT2D eigenvalue weighted by Crippen LogP contribution is 2.44. The van der Waals surface area contributed by atoms with E-state index >= 15 is 0 Å². The molecular formula is C56H96O10S2. The lowest BCUT2D eigenvalue weighted by molar-refractivity contribution is -0.0716. The average molecular weight is 994 g/mol. The zero-order valence-corrected chi connectivity index (χ0v) is 46.2. The molecule has 0 radical (unpaired) electrons. The molecule has 2 aromatic rings. The van der Waals surface area contributed by atoms with E-state index in [1.807, 2.05) is 24.6 Å². The Labute approximate surface area is 422 Å². The van der Waals surface area contributed by atoms with E-state index in [2.05, 4.69) is 55.4 Å². The molecule has 0 aliphatic carbocycles. The summed E-state index contributed by atoms with van der Waals surface area (Å²) in [7, 11) is 0. The summed E-state index contributed by atoms with van der Waals surface area (Å²) in [6.07, 6.45) is 18.5. The summed E-state index contributed by atoms with van der Waals surface area (Å²) in [5, 5.41) is 3.70. The number of Topliss-reactive ketones (excluding diaryl/α,β-unsaturated/α-hetero) is 2. The summed E-state index contributed by atoms with van der Waals surface area (Å²) >= 11 is 2.62. The first-order valence-electron chi connectivity index (χ1n) is 27.2. The highest BCUT2D eigenvalue weighted by molar-refractivity contribution is 7.13. The summed E-state index contributed by atoms with van der Waals surface area (Å²) < 4.78 is 51.8. The van der Waals surface area contributed by atoms with E-state index in [0.29, 0.717) is 136 Å². The molecule has 4 atom stereocenters.